The van der Waals surface area contributed by atoms with Gasteiger partial charge in [-0.05, 0) is 85.9 Å². The van der Waals surface area contributed by atoms with Crippen LogP contribution >= 0.6 is 0 Å². The van der Waals surface area contributed by atoms with Gasteiger partial charge < -0.3 is 8.98 Å². The smallest absolute Gasteiger partial charge is 0.161 e. The maximum absolute atomic E-state index is 6.89. The Labute approximate surface area is 355 Å². The molecule has 288 valence electrons. The van der Waals surface area contributed by atoms with Crippen LogP contribution < -0.4 is 0 Å². The number of hydrogen-bond donors (Lipinski definition) is 0. The molecule has 0 aliphatic heterocycles. The van der Waals surface area contributed by atoms with Crippen LogP contribution in [-0.2, 0) is 0 Å². The molecule has 0 aliphatic carbocycles. The highest BCUT2D eigenvalue weighted by Gasteiger charge is 2.23. The molecule has 0 saturated heterocycles. The predicted octanol–water partition coefficient (Wildman–Crippen LogP) is 15.0. The van der Waals surface area contributed by atoms with E-state index < -0.39 is 0 Å². The summed E-state index contributed by atoms with van der Waals surface area (Å²) in [5.74, 6) is 0.677. The summed E-state index contributed by atoms with van der Waals surface area (Å²) in [5, 5.41) is 11.5. The lowest BCUT2D eigenvalue weighted by molar-refractivity contribution is 0.664. The second-order valence-corrected chi connectivity index (χ2v) is 15.9. The lowest BCUT2D eigenvalue weighted by Gasteiger charge is -2.15. The Kier molecular flexibility index (Phi) is 7.54. The molecule has 62 heavy (non-hydrogen) atoms. The maximum atomic E-state index is 6.89. The van der Waals surface area contributed by atoms with E-state index >= 15 is 0 Å². The lowest BCUT2D eigenvalue weighted by atomic mass is 9.92. The first-order chi connectivity index (χ1) is 30.7. The zero-order chi connectivity index (χ0) is 40.7. The third-order valence-electron chi connectivity index (χ3n) is 12.5. The van der Waals surface area contributed by atoms with Gasteiger partial charge in [-0.3, -0.25) is 4.98 Å². The molecule has 4 aromatic heterocycles. The van der Waals surface area contributed by atoms with Crippen molar-refractivity contribution in [3.05, 3.63) is 207 Å². The molecular weight excluding hydrogens is 757 g/mol. The van der Waals surface area contributed by atoms with E-state index in [9.17, 15) is 0 Å². The minimum Gasteiger partial charge on any atom is -0.452 e. The molecule has 13 rings (SSSR count). The molecule has 0 atom stereocenters. The van der Waals surface area contributed by atoms with E-state index in [0.29, 0.717) is 5.82 Å². The molecular formula is C57H34N4O. The minimum atomic E-state index is 0.677. The van der Waals surface area contributed by atoms with Gasteiger partial charge in [-0.15, -0.1) is 0 Å². The summed E-state index contributed by atoms with van der Waals surface area (Å²) < 4.78 is 9.26. The summed E-state index contributed by atoms with van der Waals surface area (Å²) in [5.41, 5.74) is 11.8. The van der Waals surface area contributed by atoms with Gasteiger partial charge in [-0.1, -0.05) is 152 Å². The van der Waals surface area contributed by atoms with Gasteiger partial charge in [-0.25, -0.2) is 9.97 Å². The van der Waals surface area contributed by atoms with E-state index in [1.807, 2.05) is 18.5 Å². The van der Waals surface area contributed by atoms with E-state index in [2.05, 4.69) is 198 Å². The maximum Gasteiger partial charge on any atom is 0.161 e. The van der Waals surface area contributed by atoms with Crippen molar-refractivity contribution in [2.45, 2.75) is 0 Å². The number of rotatable bonds is 5. The van der Waals surface area contributed by atoms with Crippen molar-refractivity contribution in [1.29, 1.82) is 0 Å². The van der Waals surface area contributed by atoms with Crippen molar-refractivity contribution < 1.29 is 4.42 Å². The topological polar surface area (TPSA) is 56.7 Å². The molecule has 0 unspecified atom stereocenters. The molecule has 9 aromatic carbocycles. The van der Waals surface area contributed by atoms with E-state index in [-0.39, 0.29) is 0 Å². The number of nitrogens with zero attached hydrogens (tertiary/aromatic N) is 4. The summed E-state index contributed by atoms with van der Waals surface area (Å²) in [7, 11) is 0. The first-order valence-corrected chi connectivity index (χ1v) is 20.9. The minimum absolute atomic E-state index is 0.677. The summed E-state index contributed by atoms with van der Waals surface area (Å²) in [4.78, 5) is 15.1. The van der Waals surface area contributed by atoms with Gasteiger partial charge >= 0.3 is 0 Å². The number of benzene rings is 9. The van der Waals surface area contributed by atoms with Crippen molar-refractivity contribution >= 4 is 76.1 Å². The van der Waals surface area contributed by atoms with Crippen LogP contribution in [0.1, 0.15) is 0 Å². The highest BCUT2D eigenvalue weighted by molar-refractivity contribution is 6.23. The third-order valence-corrected chi connectivity index (χ3v) is 12.5. The van der Waals surface area contributed by atoms with E-state index in [0.717, 1.165) is 88.6 Å². The van der Waals surface area contributed by atoms with Crippen molar-refractivity contribution in [3.8, 4) is 50.7 Å². The Morgan fingerprint density at radius 2 is 1.06 bits per heavy atom. The van der Waals surface area contributed by atoms with Crippen LogP contribution in [0.25, 0.3) is 127 Å². The first kappa shape index (κ1) is 34.5. The molecule has 0 aliphatic rings. The fraction of sp³-hybridized carbons (Fsp3) is 0. The van der Waals surface area contributed by atoms with Crippen LogP contribution in [0, 0.1) is 0 Å². The van der Waals surface area contributed by atoms with Gasteiger partial charge in [0.15, 0.2) is 17.0 Å². The van der Waals surface area contributed by atoms with E-state index in [1.54, 1.807) is 0 Å². The highest BCUT2D eigenvalue weighted by Crippen LogP contribution is 2.45. The monoisotopic (exact) mass is 790 g/mol. The van der Waals surface area contributed by atoms with Gasteiger partial charge in [0.05, 0.1) is 34.3 Å². The largest absolute Gasteiger partial charge is 0.452 e. The molecule has 0 N–H and O–H groups in total. The van der Waals surface area contributed by atoms with Crippen molar-refractivity contribution in [1.82, 2.24) is 19.5 Å². The van der Waals surface area contributed by atoms with Crippen LogP contribution in [0.3, 0.4) is 0 Å². The summed E-state index contributed by atoms with van der Waals surface area (Å²) >= 11 is 0. The Balaban J connectivity index is 1.04. The Morgan fingerprint density at radius 3 is 1.92 bits per heavy atom. The normalized spacial score (nSPS) is 11.9. The number of para-hydroxylation sites is 1. The average molecular weight is 791 g/mol. The lowest BCUT2D eigenvalue weighted by Crippen LogP contribution is -1.97. The highest BCUT2D eigenvalue weighted by atomic mass is 16.3. The third kappa shape index (κ3) is 5.25. The molecule has 13 aromatic rings. The molecule has 0 amide bonds. The number of fused-ring (bicyclic) bond motifs is 10. The number of aromatic nitrogens is 4. The predicted molar refractivity (Wildman–Crippen MR) is 256 cm³/mol. The summed E-state index contributed by atoms with van der Waals surface area (Å²) in [6.45, 7) is 0. The molecule has 4 heterocycles. The van der Waals surface area contributed by atoms with Crippen LogP contribution in [0.2, 0.25) is 0 Å². The Bertz CT molecular complexity index is 3940. The molecule has 0 saturated carbocycles. The van der Waals surface area contributed by atoms with Gasteiger partial charge in [0.2, 0.25) is 0 Å². The fourth-order valence-corrected chi connectivity index (χ4v) is 9.67. The Morgan fingerprint density at radius 1 is 0.403 bits per heavy atom. The second-order valence-electron chi connectivity index (χ2n) is 15.9. The molecule has 0 bridgehead atoms. The van der Waals surface area contributed by atoms with Crippen LogP contribution in [-0.4, -0.2) is 19.5 Å². The van der Waals surface area contributed by atoms with Gasteiger partial charge in [0.25, 0.3) is 0 Å². The molecule has 5 heteroatoms. The zero-order valence-electron chi connectivity index (χ0n) is 33.3. The zero-order valence-corrected chi connectivity index (χ0v) is 33.3. The average Bonchev–Trinajstić information content (AvgIpc) is 3.90. The molecule has 0 fully saturated rings. The molecule has 5 nitrogen and oxygen atoms in total. The standard InChI is InChI=1S/C57H34N4O/c1-2-14-37(15-3-1)48-33-49(39-23-22-35-12-4-5-16-38(35)32-39)60-57(59-48)45-26-25-43(41-18-8-9-19-42(41)45)44-27-29-52(56-55(44)47-30-31-58-34-53(47)62-56)61-50-21-11-10-20-46(50)54-40-17-7-6-13-36(40)24-28-51(54)61/h1-34H. The first-order valence-electron chi connectivity index (χ1n) is 20.9. The molecule has 0 radical (unpaired) electrons. The van der Waals surface area contributed by atoms with Crippen LogP contribution in [0.4, 0.5) is 0 Å². The van der Waals surface area contributed by atoms with Crippen molar-refractivity contribution in [2.24, 2.45) is 0 Å². The van der Waals surface area contributed by atoms with Crippen LogP contribution in [0.15, 0.2) is 211 Å². The van der Waals surface area contributed by atoms with Gasteiger partial charge in [-0.2, -0.15) is 0 Å². The van der Waals surface area contributed by atoms with E-state index in [1.165, 1.54) is 32.3 Å². The summed E-state index contributed by atoms with van der Waals surface area (Å²) in [6.07, 6.45) is 3.68. The van der Waals surface area contributed by atoms with E-state index in [4.69, 9.17) is 14.4 Å². The second kappa shape index (κ2) is 13.6. The quantitative estimate of drug-likeness (QED) is 0.174. The van der Waals surface area contributed by atoms with Gasteiger partial charge in [0, 0.05) is 44.4 Å². The number of pyridine rings is 1. The van der Waals surface area contributed by atoms with Crippen LogP contribution in [0.5, 0.6) is 0 Å². The number of furan rings is 1. The Hall–Kier alpha value is -8.41. The van der Waals surface area contributed by atoms with Crippen molar-refractivity contribution in [2.75, 3.05) is 0 Å². The van der Waals surface area contributed by atoms with Gasteiger partial charge in [0.1, 0.15) is 0 Å². The SMILES string of the molecule is c1ccc(-c2cc(-c3ccc4ccccc4c3)nc(-c3ccc(-c4ccc(-n5c6ccccc6c6c7ccccc7ccc65)c5oc6cnccc6c45)c4ccccc34)n2)cc1. The fourth-order valence-electron chi connectivity index (χ4n) is 9.67. The summed E-state index contributed by atoms with van der Waals surface area (Å²) in [6, 6.07) is 68.9. The number of hydrogen-bond acceptors (Lipinski definition) is 4. The molecule has 0 spiro atoms. The van der Waals surface area contributed by atoms with Crippen molar-refractivity contribution in [3.63, 3.8) is 0 Å².